The lowest BCUT2D eigenvalue weighted by Crippen LogP contribution is -2.11. The smallest absolute Gasteiger partial charge is 0.137 e. The number of hydrogen-bond donors (Lipinski definition) is 0. The molecule has 0 atom stereocenters. The van der Waals surface area contributed by atoms with E-state index in [9.17, 15) is 0 Å². The highest BCUT2D eigenvalue weighted by molar-refractivity contribution is 5.43. The molecule has 0 aliphatic heterocycles. The average Bonchev–Trinajstić information content (AvgIpc) is 2.58. The second-order valence-electron chi connectivity index (χ2n) is 5.76. The van der Waals surface area contributed by atoms with Crippen LogP contribution in [0.15, 0.2) is 24.5 Å². The number of rotatable bonds is 1. The summed E-state index contributed by atoms with van der Waals surface area (Å²) >= 11 is 0. The van der Waals surface area contributed by atoms with Gasteiger partial charge in [-0.15, -0.1) is 0 Å². The molecule has 0 saturated carbocycles. The Labute approximate surface area is 97.3 Å². The van der Waals surface area contributed by atoms with Crippen LogP contribution in [0.25, 0.3) is 5.65 Å². The predicted molar refractivity (Wildman–Crippen MR) is 68.0 cm³/mol. The van der Waals surface area contributed by atoms with Gasteiger partial charge in [0.1, 0.15) is 5.65 Å². The lowest BCUT2D eigenvalue weighted by Gasteiger charge is -2.13. The monoisotopic (exact) mass is 216 g/mol. The van der Waals surface area contributed by atoms with Crippen LogP contribution in [0.2, 0.25) is 0 Å². The van der Waals surface area contributed by atoms with Crippen LogP contribution in [-0.2, 0) is 5.41 Å². The number of nitrogens with zero attached hydrogens (tertiary/aromatic N) is 2. The minimum atomic E-state index is 0.115. The van der Waals surface area contributed by atoms with E-state index in [-0.39, 0.29) is 5.41 Å². The average molecular weight is 216 g/mol. The van der Waals surface area contributed by atoms with Crippen molar-refractivity contribution in [1.29, 1.82) is 0 Å². The first-order chi connectivity index (χ1) is 7.38. The van der Waals surface area contributed by atoms with Gasteiger partial charge >= 0.3 is 0 Å². The Hall–Kier alpha value is -1.31. The normalized spacial score (nSPS) is 12.6. The summed E-state index contributed by atoms with van der Waals surface area (Å²) in [6, 6.07) is 4.27. The molecule has 0 bridgehead atoms. The van der Waals surface area contributed by atoms with E-state index in [0.29, 0.717) is 5.92 Å². The third kappa shape index (κ3) is 1.97. The number of aromatic nitrogens is 2. The van der Waals surface area contributed by atoms with Gasteiger partial charge in [-0.2, -0.15) is 0 Å². The third-order valence-electron chi connectivity index (χ3n) is 2.91. The zero-order chi connectivity index (χ0) is 11.9. The molecule has 0 aromatic carbocycles. The maximum Gasteiger partial charge on any atom is 0.137 e. The highest BCUT2D eigenvalue weighted by Gasteiger charge is 2.17. The van der Waals surface area contributed by atoms with Crippen LogP contribution in [0.3, 0.4) is 0 Å². The largest absolute Gasteiger partial charge is 0.307 e. The molecule has 0 spiro atoms. The van der Waals surface area contributed by atoms with Gasteiger partial charge in [0.05, 0.1) is 5.69 Å². The second-order valence-corrected chi connectivity index (χ2v) is 5.76. The van der Waals surface area contributed by atoms with Gasteiger partial charge < -0.3 is 4.40 Å². The van der Waals surface area contributed by atoms with Crippen LogP contribution < -0.4 is 0 Å². The molecule has 2 rings (SSSR count). The number of hydrogen-bond acceptors (Lipinski definition) is 1. The Balaban J connectivity index is 2.54. The predicted octanol–water partition coefficient (Wildman–Crippen LogP) is 3.76. The van der Waals surface area contributed by atoms with Crippen LogP contribution in [0.4, 0.5) is 0 Å². The molecular weight excluding hydrogens is 196 g/mol. The van der Waals surface area contributed by atoms with Crippen molar-refractivity contribution in [1.82, 2.24) is 9.38 Å². The van der Waals surface area contributed by atoms with Crippen LogP contribution in [0, 0.1) is 0 Å². The topological polar surface area (TPSA) is 17.3 Å². The van der Waals surface area contributed by atoms with E-state index in [1.807, 2.05) is 0 Å². The van der Waals surface area contributed by atoms with Gasteiger partial charge in [0.2, 0.25) is 0 Å². The molecule has 2 aromatic rings. The Morgan fingerprint density at radius 3 is 2.38 bits per heavy atom. The molecule has 0 saturated heterocycles. The first-order valence-corrected chi connectivity index (χ1v) is 5.87. The molecule has 2 heteroatoms. The summed E-state index contributed by atoms with van der Waals surface area (Å²) in [5.41, 5.74) is 3.65. The summed E-state index contributed by atoms with van der Waals surface area (Å²) in [7, 11) is 0. The SMILES string of the molecule is CC(C)c1ccc2nc(C(C)(C)C)cn2c1. The molecule has 2 heterocycles. The fraction of sp³-hybridized carbons (Fsp3) is 0.500. The molecule has 2 nitrogen and oxygen atoms in total. The molecule has 2 aromatic heterocycles. The van der Waals surface area contributed by atoms with E-state index in [0.717, 1.165) is 11.3 Å². The maximum absolute atomic E-state index is 4.65. The quantitative estimate of drug-likeness (QED) is 0.709. The number of pyridine rings is 1. The molecule has 86 valence electrons. The Kier molecular flexibility index (Phi) is 2.53. The fourth-order valence-electron chi connectivity index (χ4n) is 1.71. The number of fused-ring (bicyclic) bond motifs is 1. The van der Waals surface area contributed by atoms with E-state index in [2.05, 4.69) is 68.5 Å². The lowest BCUT2D eigenvalue weighted by atomic mass is 9.93. The van der Waals surface area contributed by atoms with Gasteiger partial charge in [-0.25, -0.2) is 4.98 Å². The van der Waals surface area contributed by atoms with Crippen molar-refractivity contribution in [2.24, 2.45) is 0 Å². The highest BCUT2D eigenvalue weighted by Crippen LogP contribution is 2.23. The minimum Gasteiger partial charge on any atom is -0.307 e. The van der Waals surface area contributed by atoms with Gasteiger partial charge in [0.15, 0.2) is 0 Å². The standard InChI is InChI=1S/C14H20N2/c1-10(2)11-6-7-13-15-12(14(3,4)5)9-16(13)8-11/h6-10H,1-5H3. The molecule has 0 fully saturated rings. The van der Waals surface area contributed by atoms with E-state index in [4.69, 9.17) is 0 Å². The van der Waals surface area contributed by atoms with E-state index in [1.165, 1.54) is 5.56 Å². The highest BCUT2D eigenvalue weighted by atomic mass is 15.0. The first-order valence-electron chi connectivity index (χ1n) is 5.87. The lowest BCUT2D eigenvalue weighted by molar-refractivity contribution is 0.573. The van der Waals surface area contributed by atoms with Gasteiger partial charge in [-0.1, -0.05) is 40.7 Å². The Morgan fingerprint density at radius 2 is 1.81 bits per heavy atom. The number of imidazole rings is 1. The van der Waals surface area contributed by atoms with E-state index >= 15 is 0 Å². The zero-order valence-corrected chi connectivity index (χ0v) is 10.8. The van der Waals surface area contributed by atoms with Crippen molar-refractivity contribution in [3.63, 3.8) is 0 Å². The third-order valence-corrected chi connectivity index (χ3v) is 2.91. The summed E-state index contributed by atoms with van der Waals surface area (Å²) in [6.07, 6.45) is 4.32. The van der Waals surface area contributed by atoms with Crippen molar-refractivity contribution in [2.75, 3.05) is 0 Å². The molecular formula is C14H20N2. The van der Waals surface area contributed by atoms with E-state index in [1.54, 1.807) is 0 Å². The zero-order valence-electron chi connectivity index (χ0n) is 10.8. The fourth-order valence-corrected chi connectivity index (χ4v) is 1.71. The second kappa shape index (κ2) is 3.62. The molecule has 0 aliphatic rings. The Bertz CT molecular complexity index is 501. The van der Waals surface area contributed by atoms with Crippen molar-refractivity contribution < 1.29 is 0 Å². The first kappa shape index (κ1) is 11.2. The summed E-state index contributed by atoms with van der Waals surface area (Å²) in [4.78, 5) is 4.65. The molecule has 0 N–H and O–H groups in total. The maximum atomic E-state index is 4.65. The molecule has 0 unspecified atom stereocenters. The van der Waals surface area contributed by atoms with Crippen molar-refractivity contribution in [3.8, 4) is 0 Å². The molecule has 0 aliphatic carbocycles. The van der Waals surface area contributed by atoms with Crippen LogP contribution in [-0.4, -0.2) is 9.38 Å². The van der Waals surface area contributed by atoms with Crippen LogP contribution in [0.5, 0.6) is 0 Å². The Morgan fingerprint density at radius 1 is 1.12 bits per heavy atom. The van der Waals surface area contributed by atoms with Crippen LogP contribution in [0.1, 0.15) is 51.8 Å². The summed E-state index contributed by atoms with van der Waals surface area (Å²) in [6.45, 7) is 11.0. The van der Waals surface area contributed by atoms with Crippen LogP contribution >= 0.6 is 0 Å². The molecule has 0 radical (unpaired) electrons. The van der Waals surface area contributed by atoms with Gasteiger partial charge in [0, 0.05) is 17.8 Å². The van der Waals surface area contributed by atoms with E-state index < -0.39 is 0 Å². The molecule has 16 heavy (non-hydrogen) atoms. The van der Waals surface area contributed by atoms with Gasteiger partial charge in [0.25, 0.3) is 0 Å². The van der Waals surface area contributed by atoms with Crippen molar-refractivity contribution >= 4 is 5.65 Å². The minimum absolute atomic E-state index is 0.115. The summed E-state index contributed by atoms with van der Waals surface area (Å²) < 4.78 is 2.13. The van der Waals surface area contributed by atoms with Crippen molar-refractivity contribution in [2.45, 2.75) is 46.0 Å². The summed E-state index contributed by atoms with van der Waals surface area (Å²) in [5.74, 6) is 0.560. The van der Waals surface area contributed by atoms with Gasteiger partial charge in [-0.05, 0) is 17.5 Å². The van der Waals surface area contributed by atoms with Gasteiger partial charge in [-0.3, -0.25) is 0 Å². The van der Waals surface area contributed by atoms with Crippen molar-refractivity contribution in [3.05, 3.63) is 35.8 Å². The molecule has 0 amide bonds. The summed E-state index contributed by atoms with van der Waals surface area (Å²) in [5, 5.41) is 0.